The molecule has 0 spiro atoms. The van der Waals surface area contributed by atoms with Crippen LogP contribution in [0.4, 0.5) is 0 Å². The molecule has 18 heavy (non-hydrogen) atoms. The zero-order chi connectivity index (χ0) is 13.3. The molecule has 2 heteroatoms. The van der Waals surface area contributed by atoms with Crippen molar-refractivity contribution in [2.75, 3.05) is 0 Å². The number of benzene rings is 1. The molecule has 0 saturated heterocycles. The van der Waals surface area contributed by atoms with Crippen molar-refractivity contribution in [3.63, 3.8) is 0 Å². The minimum atomic E-state index is 0.133. The van der Waals surface area contributed by atoms with E-state index in [2.05, 4.69) is 32.9 Å². The highest BCUT2D eigenvalue weighted by Gasteiger charge is 2.34. The van der Waals surface area contributed by atoms with Crippen molar-refractivity contribution < 1.29 is 0 Å². The molecule has 1 aliphatic rings. The van der Waals surface area contributed by atoms with Gasteiger partial charge in [0, 0.05) is 11.1 Å². The topological polar surface area (TPSA) is 26.0 Å². The quantitative estimate of drug-likeness (QED) is 0.806. The maximum Gasteiger partial charge on any atom is 0.0438 e. The molecule has 100 valence electrons. The first-order valence-electron chi connectivity index (χ1n) is 6.96. The summed E-state index contributed by atoms with van der Waals surface area (Å²) in [6.45, 7) is 6.52. The Morgan fingerprint density at radius 1 is 1.11 bits per heavy atom. The van der Waals surface area contributed by atoms with Crippen molar-refractivity contribution in [2.45, 2.75) is 58.9 Å². The van der Waals surface area contributed by atoms with Crippen LogP contribution in [-0.2, 0) is 0 Å². The van der Waals surface area contributed by atoms with Crippen LogP contribution >= 0.6 is 11.6 Å². The Bertz CT molecular complexity index is 433. The second kappa shape index (κ2) is 5.22. The highest BCUT2D eigenvalue weighted by atomic mass is 35.5. The predicted molar refractivity (Wildman–Crippen MR) is 79.0 cm³/mol. The van der Waals surface area contributed by atoms with E-state index >= 15 is 0 Å². The van der Waals surface area contributed by atoms with Crippen molar-refractivity contribution in [2.24, 2.45) is 11.1 Å². The summed E-state index contributed by atoms with van der Waals surface area (Å²) in [6.07, 6.45) is 6.48. The van der Waals surface area contributed by atoms with Crippen LogP contribution in [0.15, 0.2) is 12.1 Å². The first kappa shape index (κ1) is 13.9. The molecule has 0 bridgehead atoms. The second-order valence-corrected chi connectivity index (χ2v) is 6.56. The van der Waals surface area contributed by atoms with Gasteiger partial charge in [0.25, 0.3) is 0 Å². The molecule has 1 fully saturated rings. The molecule has 1 aromatic rings. The van der Waals surface area contributed by atoms with Gasteiger partial charge in [-0.3, -0.25) is 0 Å². The highest BCUT2D eigenvalue weighted by molar-refractivity contribution is 6.31. The fraction of sp³-hybridized carbons (Fsp3) is 0.625. The van der Waals surface area contributed by atoms with Gasteiger partial charge in [-0.05, 0) is 54.9 Å². The van der Waals surface area contributed by atoms with E-state index in [9.17, 15) is 0 Å². The van der Waals surface area contributed by atoms with E-state index in [0.717, 1.165) is 10.6 Å². The first-order valence-corrected chi connectivity index (χ1v) is 7.34. The van der Waals surface area contributed by atoms with Gasteiger partial charge in [-0.1, -0.05) is 43.9 Å². The Morgan fingerprint density at radius 2 is 1.72 bits per heavy atom. The third kappa shape index (κ3) is 2.57. The zero-order valence-electron chi connectivity index (χ0n) is 11.7. The number of halogens is 1. The Balaban J connectivity index is 2.33. The SMILES string of the molecule is Cc1cc(C(N)C2(C)CCCCC2)c(C)cc1Cl. The smallest absolute Gasteiger partial charge is 0.0438 e. The first-order chi connectivity index (χ1) is 8.44. The second-order valence-electron chi connectivity index (χ2n) is 6.15. The number of hydrogen-bond acceptors (Lipinski definition) is 1. The van der Waals surface area contributed by atoms with Crippen LogP contribution in [0.5, 0.6) is 0 Å². The van der Waals surface area contributed by atoms with E-state index < -0.39 is 0 Å². The van der Waals surface area contributed by atoms with Gasteiger partial charge >= 0.3 is 0 Å². The van der Waals surface area contributed by atoms with Gasteiger partial charge in [0.15, 0.2) is 0 Å². The summed E-state index contributed by atoms with van der Waals surface area (Å²) in [5, 5.41) is 0.845. The van der Waals surface area contributed by atoms with Crippen LogP contribution in [0.2, 0.25) is 5.02 Å². The lowest BCUT2D eigenvalue weighted by molar-refractivity contribution is 0.170. The molecule has 0 aliphatic heterocycles. The van der Waals surface area contributed by atoms with Gasteiger partial charge < -0.3 is 5.73 Å². The molecule has 0 amide bonds. The van der Waals surface area contributed by atoms with E-state index in [1.807, 2.05) is 0 Å². The van der Waals surface area contributed by atoms with Crippen LogP contribution in [0.1, 0.15) is 61.8 Å². The highest BCUT2D eigenvalue weighted by Crippen LogP contribution is 2.45. The summed E-state index contributed by atoms with van der Waals surface area (Å²) in [6, 6.07) is 4.37. The lowest BCUT2D eigenvalue weighted by atomic mass is 9.68. The largest absolute Gasteiger partial charge is 0.323 e. The van der Waals surface area contributed by atoms with Gasteiger partial charge in [-0.15, -0.1) is 0 Å². The molecular weight excluding hydrogens is 242 g/mol. The summed E-state index contributed by atoms with van der Waals surface area (Å²) < 4.78 is 0. The van der Waals surface area contributed by atoms with Crippen LogP contribution < -0.4 is 5.73 Å². The van der Waals surface area contributed by atoms with Crippen LogP contribution in [0, 0.1) is 19.3 Å². The minimum absolute atomic E-state index is 0.133. The molecule has 0 heterocycles. The minimum Gasteiger partial charge on any atom is -0.323 e. The van der Waals surface area contributed by atoms with Crippen molar-refractivity contribution in [1.29, 1.82) is 0 Å². The molecule has 0 aromatic heterocycles. The summed E-state index contributed by atoms with van der Waals surface area (Å²) in [7, 11) is 0. The maximum absolute atomic E-state index is 6.58. The molecular formula is C16H24ClN. The molecule has 1 saturated carbocycles. The van der Waals surface area contributed by atoms with Crippen molar-refractivity contribution >= 4 is 11.6 Å². The van der Waals surface area contributed by atoms with Gasteiger partial charge in [0.1, 0.15) is 0 Å². The fourth-order valence-electron chi connectivity index (χ4n) is 3.18. The standard InChI is InChI=1S/C16H24ClN/c1-11-10-14(17)12(2)9-13(11)15(18)16(3)7-5-4-6-8-16/h9-10,15H,4-8,18H2,1-3H3. The Kier molecular flexibility index (Phi) is 4.03. The molecule has 1 aromatic carbocycles. The summed E-state index contributed by atoms with van der Waals surface area (Å²) in [5.41, 5.74) is 10.5. The number of nitrogens with two attached hydrogens (primary N) is 1. The lowest BCUT2D eigenvalue weighted by Crippen LogP contribution is -2.34. The fourth-order valence-corrected chi connectivity index (χ4v) is 3.40. The Labute approximate surface area is 116 Å². The third-order valence-electron chi connectivity index (χ3n) is 4.63. The van der Waals surface area contributed by atoms with Crippen molar-refractivity contribution in [1.82, 2.24) is 0 Å². The molecule has 0 radical (unpaired) electrons. The predicted octanol–water partition coefficient (Wildman–Crippen LogP) is 4.93. The molecule has 1 atom stereocenters. The van der Waals surface area contributed by atoms with Gasteiger partial charge in [0.2, 0.25) is 0 Å². The van der Waals surface area contributed by atoms with Crippen LogP contribution in [0.3, 0.4) is 0 Å². The third-order valence-corrected chi connectivity index (χ3v) is 5.04. The summed E-state index contributed by atoms with van der Waals surface area (Å²) in [5.74, 6) is 0. The monoisotopic (exact) mass is 265 g/mol. The lowest BCUT2D eigenvalue weighted by Gasteiger charge is -2.39. The number of rotatable bonds is 2. The van der Waals surface area contributed by atoms with Crippen molar-refractivity contribution in [3.8, 4) is 0 Å². The average molecular weight is 266 g/mol. The Hall–Kier alpha value is -0.530. The number of aryl methyl sites for hydroxylation is 2. The van der Waals surface area contributed by atoms with E-state index in [-0.39, 0.29) is 11.5 Å². The van der Waals surface area contributed by atoms with E-state index in [0.29, 0.717) is 0 Å². The molecule has 2 rings (SSSR count). The molecule has 1 nitrogen and oxygen atoms in total. The van der Waals surface area contributed by atoms with Crippen LogP contribution in [-0.4, -0.2) is 0 Å². The zero-order valence-corrected chi connectivity index (χ0v) is 12.5. The van der Waals surface area contributed by atoms with Gasteiger partial charge in [-0.25, -0.2) is 0 Å². The molecule has 2 N–H and O–H groups in total. The average Bonchev–Trinajstić information content (AvgIpc) is 2.34. The normalized spacial score (nSPS) is 20.7. The van der Waals surface area contributed by atoms with Crippen LogP contribution in [0.25, 0.3) is 0 Å². The molecule has 1 aliphatic carbocycles. The van der Waals surface area contributed by atoms with Gasteiger partial charge in [-0.2, -0.15) is 0 Å². The maximum atomic E-state index is 6.58. The summed E-state index contributed by atoms with van der Waals surface area (Å²) in [4.78, 5) is 0. The van der Waals surface area contributed by atoms with E-state index in [1.54, 1.807) is 0 Å². The number of hydrogen-bond donors (Lipinski definition) is 1. The molecule has 1 unspecified atom stereocenters. The van der Waals surface area contributed by atoms with Crippen molar-refractivity contribution in [3.05, 3.63) is 33.8 Å². The van der Waals surface area contributed by atoms with Gasteiger partial charge in [0.05, 0.1) is 0 Å². The van der Waals surface area contributed by atoms with E-state index in [4.69, 9.17) is 17.3 Å². The summed E-state index contributed by atoms with van der Waals surface area (Å²) >= 11 is 6.17. The Morgan fingerprint density at radius 3 is 2.33 bits per heavy atom. The van der Waals surface area contributed by atoms with E-state index in [1.165, 1.54) is 43.2 Å².